The second-order valence-electron chi connectivity index (χ2n) is 8.90. The Labute approximate surface area is 206 Å². The maximum absolute atomic E-state index is 13.9. The molecule has 0 bridgehead atoms. The second-order valence-corrected chi connectivity index (χ2v) is 9.34. The molecule has 0 unspecified atom stereocenters. The molecule has 0 radical (unpaired) electrons. The van der Waals surface area contributed by atoms with E-state index in [2.05, 4.69) is 32.6 Å². The number of aliphatic hydroxyl groups is 1. The van der Waals surface area contributed by atoms with Crippen LogP contribution in [0.2, 0.25) is 5.02 Å². The molecule has 5 nitrogen and oxygen atoms in total. The van der Waals surface area contributed by atoms with Gasteiger partial charge >= 0.3 is 0 Å². The number of carbonyl (C=O) groups excluding carboxylic acids is 1. The monoisotopic (exact) mass is 475 g/mol. The Morgan fingerprint density at radius 3 is 2.50 bits per heavy atom. The number of aromatic nitrogens is 1. The van der Waals surface area contributed by atoms with E-state index < -0.39 is 0 Å². The molecule has 1 aliphatic heterocycles. The van der Waals surface area contributed by atoms with E-state index in [1.807, 2.05) is 48.3 Å². The van der Waals surface area contributed by atoms with Crippen LogP contribution < -0.4 is 4.90 Å². The van der Waals surface area contributed by atoms with E-state index in [0.29, 0.717) is 41.7 Å². The summed E-state index contributed by atoms with van der Waals surface area (Å²) < 4.78 is 0. The summed E-state index contributed by atoms with van der Waals surface area (Å²) in [5.41, 5.74) is 6.33. The van der Waals surface area contributed by atoms with E-state index in [-0.39, 0.29) is 12.5 Å². The minimum absolute atomic E-state index is 0.00855. The first-order valence-electron chi connectivity index (χ1n) is 11.5. The predicted molar refractivity (Wildman–Crippen MR) is 138 cm³/mol. The van der Waals surface area contributed by atoms with Crippen molar-refractivity contribution < 1.29 is 9.90 Å². The first kappa shape index (κ1) is 24.0. The number of benzene rings is 2. The Bertz CT molecular complexity index is 1220. The third-order valence-corrected chi connectivity index (χ3v) is 6.60. The fourth-order valence-corrected chi connectivity index (χ4v) is 4.62. The van der Waals surface area contributed by atoms with Crippen LogP contribution in [0.15, 0.2) is 67.1 Å². The quantitative estimate of drug-likeness (QED) is 0.465. The largest absolute Gasteiger partial charge is 0.396 e. The van der Waals surface area contributed by atoms with Crippen LogP contribution in [-0.4, -0.2) is 41.1 Å². The van der Waals surface area contributed by atoms with E-state index in [1.165, 1.54) is 5.56 Å². The molecular weight excluding hydrogens is 446 g/mol. The normalized spacial score (nSPS) is 13.6. The van der Waals surface area contributed by atoms with Gasteiger partial charge in [0.25, 0.3) is 5.91 Å². The number of pyridine rings is 1. The summed E-state index contributed by atoms with van der Waals surface area (Å²) in [4.78, 5) is 22.3. The number of nitrogens with zero attached hydrogens (tertiary/aromatic N) is 3. The minimum atomic E-state index is -0.110. The van der Waals surface area contributed by atoms with E-state index in [0.717, 1.165) is 28.1 Å². The Hall–Kier alpha value is -3.15. The highest BCUT2D eigenvalue weighted by Crippen LogP contribution is 2.40. The maximum Gasteiger partial charge on any atom is 0.261 e. The van der Waals surface area contributed by atoms with Crippen LogP contribution in [-0.2, 0) is 6.42 Å². The van der Waals surface area contributed by atoms with Gasteiger partial charge in [0.05, 0.1) is 23.1 Å². The molecule has 0 saturated heterocycles. The van der Waals surface area contributed by atoms with Gasteiger partial charge in [-0.3, -0.25) is 14.7 Å². The van der Waals surface area contributed by atoms with Gasteiger partial charge in [0.15, 0.2) is 0 Å². The van der Waals surface area contributed by atoms with Crippen LogP contribution in [0, 0.1) is 0 Å². The Balaban J connectivity index is 1.96. The number of halogens is 1. The molecule has 0 atom stereocenters. The molecule has 2 heterocycles. The first-order valence-corrected chi connectivity index (χ1v) is 11.9. The summed E-state index contributed by atoms with van der Waals surface area (Å²) in [6.45, 7) is 8.86. The zero-order chi connectivity index (χ0) is 24.4. The van der Waals surface area contributed by atoms with Crippen LogP contribution in [0.3, 0.4) is 0 Å². The molecule has 0 fully saturated rings. The third kappa shape index (κ3) is 4.46. The van der Waals surface area contributed by atoms with Crippen molar-refractivity contribution in [3.05, 3.63) is 94.4 Å². The Morgan fingerprint density at radius 2 is 1.82 bits per heavy atom. The average Bonchev–Trinajstić information content (AvgIpc) is 2.83. The van der Waals surface area contributed by atoms with Crippen LogP contribution in [0.5, 0.6) is 0 Å². The number of rotatable bonds is 7. The predicted octanol–water partition coefficient (Wildman–Crippen LogP) is 5.86. The van der Waals surface area contributed by atoms with Crippen molar-refractivity contribution in [3.63, 3.8) is 0 Å². The van der Waals surface area contributed by atoms with Gasteiger partial charge in [-0.1, -0.05) is 68.4 Å². The lowest BCUT2D eigenvalue weighted by molar-refractivity contribution is 0.0784. The van der Waals surface area contributed by atoms with E-state index in [4.69, 9.17) is 16.6 Å². The van der Waals surface area contributed by atoms with Gasteiger partial charge in [-0.25, -0.2) is 0 Å². The van der Waals surface area contributed by atoms with Gasteiger partial charge in [-0.2, -0.15) is 0 Å². The molecule has 4 rings (SSSR count). The number of carbonyl (C=O) groups is 1. The van der Waals surface area contributed by atoms with Crippen molar-refractivity contribution in [2.75, 3.05) is 25.1 Å². The van der Waals surface area contributed by atoms with Crippen molar-refractivity contribution >= 4 is 23.2 Å². The number of aliphatic hydroxyl groups excluding tert-OH is 1. The smallest absolute Gasteiger partial charge is 0.261 e. The van der Waals surface area contributed by atoms with E-state index >= 15 is 0 Å². The molecule has 1 aliphatic rings. The van der Waals surface area contributed by atoms with Gasteiger partial charge in [0.1, 0.15) is 5.82 Å². The fraction of sp³-hybridized carbons (Fsp3) is 0.286. The molecule has 0 aliphatic carbocycles. The summed E-state index contributed by atoms with van der Waals surface area (Å²) >= 11 is 6.13. The van der Waals surface area contributed by atoms with Crippen molar-refractivity contribution in [2.24, 2.45) is 0 Å². The van der Waals surface area contributed by atoms with Crippen molar-refractivity contribution in [1.29, 1.82) is 0 Å². The number of fused-ring (bicyclic) bond motifs is 1. The van der Waals surface area contributed by atoms with Gasteiger partial charge < -0.3 is 10.0 Å². The summed E-state index contributed by atoms with van der Waals surface area (Å²) in [7, 11) is 1.90. The molecule has 0 spiro atoms. The number of amides is 1. The Kier molecular flexibility index (Phi) is 7.05. The topological polar surface area (TPSA) is 56.7 Å². The SMILES string of the molecule is C=C1N(CCCO)C(=O)c2c(cnc(-c3ccccc3C(C)C)c2Cc2ccc(Cl)cc2)N1C. The summed E-state index contributed by atoms with van der Waals surface area (Å²) in [5, 5.41) is 10.0. The highest BCUT2D eigenvalue weighted by molar-refractivity contribution is 6.30. The standard InChI is InChI=1S/C28H30ClN3O2/c1-18(2)22-8-5-6-9-23(22)27-24(16-20-10-12-21(29)13-11-20)26-25(17-30-27)31(4)19(3)32(28(26)34)14-7-15-33/h5-6,8-13,17-18,33H,3,7,14-16H2,1-2,4H3. The molecule has 3 aromatic rings. The lowest BCUT2D eigenvalue weighted by atomic mass is 9.88. The van der Waals surface area contributed by atoms with Crippen LogP contribution in [0.25, 0.3) is 11.3 Å². The molecular formula is C28H30ClN3O2. The van der Waals surface area contributed by atoms with Gasteiger partial charge in [0, 0.05) is 37.2 Å². The lowest BCUT2D eigenvalue weighted by Gasteiger charge is -2.38. The highest BCUT2D eigenvalue weighted by Gasteiger charge is 2.34. The Morgan fingerprint density at radius 1 is 1.12 bits per heavy atom. The van der Waals surface area contributed by atoms with E-state index in [9.17, 15) is 9.90 Å². The molecule has 1 amide bonds. The molecule has 1 N–H and O–H groups in total. The number of anilines is 1. The molecule has 6 heteroatoms. The average molecular weight is 476 g/mol. The second kappa shape index (κ2) is 10.00. The molecule has 0 saturated carbocycles. The minimum Gasteiger partial charge on any atom is -0.396 e. The lowest BCUT2D eigenvalue weighted by Crippen LogP contribution is -2.44. The fourth-order valence-electron chi connectivity index (χ4n) is 4.49. The van der Waals surface area contributed by atoms with Crippen molar-refractivity contribution in [2.45, 2.75) is 32.6 Å². The summed E-state index contributed by atoms with van der Waals surface area (Å²) in [5.74, 6) is 0.776. The van der Waals surface area contributed by atoms with Crippen LogP contribution >= 0.6 is 11.6 Å². The molecule has 34 heavy (non-hydrogen) atoms. The molecule has 176 valence electrons. The number of hydrogen-bond donors (Lipinski definition) is 1. The van der Waals surface area contributed by atoms with Crippen LogP contribution in [0.1, 0.15) is 53.2 Å². The van der Waals surface area contributed by atoms with Crippen LogP contribution in [0.4, 0.5) is 5.69 Å². The number of hydrogen-bond acceptors (Lipinski definition) is 4. The van der Waals surface area contributed by atoms with Crippen molar-refractivity contribution in [3.8, 4) is 11.3 Å². The maximum atomic E-state index is 13.9. The molecule has 1 aromatic heterocycles. The third-order valence-electron chi connectivity index (χ3n) is 6.35. The van der Waals surface area contributed by atoms with Gasteiger partial charge in [-0.05, 0) is 41.2 Å². The highest BCUT2D eigenvalue weighted by atomic mass is 35.5. The summed E-state index contributed by atoms with van der Waals surface area (Å²) in [6, 6.07) is 16.0. The molecule has 2 aromatic carbocycles. The van der Waals surface area contributed by atoms with Gasteiger partial charge in [-0.15, -0.1) is 0 Å². The van der Waals surface area contributed by atoms with Gasteiger partial charge in [0.2, 0.25) is 0 Å². The zero-order valence-corrected chi connectivity index (χ0v) is 20.6. The summed E-state index contributed by atoms with van der Waals surface area (Å²) in [6.07, 6.45) is 2.79. The van der Waals surface area contributed by atoms with E-state index in [1.54, 1.807) is 11.1 Å². The van der Waals surface area contributed by atoms with Crippen molar-refractivity contribution in [1.82, 2.24) is 9.88 Å². The zero-order valence-electron chi connectivity index (χ0n) is 19.9. The first-order chi connectivity index (χ1) is 16.3.